The maximum absolute atomic E-state index is 11.8. The minimum atomic E-state index is -3.39. The van der Waals surface area contributed by atoms with Crippen molar-refractivity contribution in [2.45, 2.75) is 39.9 Å². The van der Waals surface area contributed by atoms with Crippen LogP contribution in [0.5, 0.6) is 0 Å². The lowest BCUT2D eigenvalue weighted by Crippen LogP contribution is -2.36. The number of alkyl halides is 1. The van der Waals surface area contributed by atoms with Crippen molar-refractivity contribution in [3.8, 4) is 0 Å². The van der Waals surface area contributed by atoms with Crippen molar-refractivity contribution in [3.05, 3.63) is 18.0 Å². The lowest BCUT2D eigenvalue weighted by atomic mass is 10.3. The third-order valence-corrected chi connectivity index (χ3v) is 4.79. The Hall–Kier alpha value is -0.590. The molecular formula is C10H18ClN3O2S. The van der Waals surface area contributed by atoms with Crippen LogP contribution >= 0.6 is 11.6 Å². The van der Waals surface area contributed by atoms with Gasteiger partial charge in [0.2, 0.25) is 10.0 Å². The van der Waals surface area contributed by atoms with E-state index < -0.39 is 15.2 Å². The zero-order valence-corrected chi connectivity index (χ0v) is 11.9. The van der Waals surface area contributed by atoms with Gasteiger partial charge in [0.15, 0.2) is 0 Å². The van der Waals surface area contributed by atoms with Crippen LogP contribution in [-0.2, 0) is 23.1 Å². The molecule has 0 aliphatic carbocycles. The summed E-state index contributed by atoms with van der Waals surface area (Å²) in [6, 6.07) is -0.122. The highest BCUT2D eigenvalue weighted by Gasteiger charge is 2.24. The molecule has 0 N–H and O–H groups in total. The van der Waals surface area contributed by atoms with Crippen LogP contribution in [0.4, 0.5) is 0 Å². The van der Waals surface area contributed by atoms with Gasteiger partial charge in [-0.05, 0) is 20.8 Å². The average Bonchev–Trinajstić information content (AvgIpc) is 2.73. The van der Waals surface area contributed by atoms with Gasteiger partial charge in [0.25, 0.3) is 0 Å². The van der Waals surface area contributed by atoms with Gasteiger partial charge in [0.1, 0.15) is 5.21 Å². The monoisotopic (exact) mass is 279 g/mol. The molecule has 0 bridgehead atoms. The van der Waals surface area contributed by atoms with Gasteiger partial charge < -0.3 is 0 Å². The van der Waals surface area contributed by atoms with Crippen LogP contribution < -0.4 is 0 Å². The van der Waals surface area contributed by atoms with Crippen LogP contribution in [0.3, 0.4) is 0 Å². The summed E-state index contributed by atoms with van der Waals surface area (Å²) in [6.07, 6.45) is 3.53. The van der Waals surface area contributed by atoms with Gasteiger partial charge in [-0.2, -0.15) is 9.40 Å². The van der Waals surface area contributed by atoms with Crippen molar-refractivity contribution in [3.63, 3.8) is 0 Å². The number of hydrogen-bond acceptors (Lipinski definition) is 3. The first kappa shape index (κ1) is 14.5. The van der Waals surface area contributed by atoms with E-state index in [2.05, 4.69) is 5.10 Å². The number of rotatable bonds is 6. The summed E-state index contributed by atoms with van der Waals surface area (Å²) in [5, 5.41) is 3.72. The van der Waals surface area contributed by atoms with Gasteiger partial charge >= 0.3 is 0 Å². The van der Waals surface area contributed by atoms with E-state index in [1.165, 1.54) is 4.31 Å². The Kier molecular flexibility index (Phi) is 4.97. The Labute approximate surface area is 107 Å². The number of aryl methyl sites for hydroxylation is 1. The predicted octanol–water partition coefficient (Wildman–Crippen LogP) is 1.64. The fourth-order valence-corrected chi connectivity index (χ4v) is 3.00. The molecule has 17 heavy (non-hydrogen) atoms. The van der Waals surface area contributed by atoms with Crippen LogP contribution in [0.25, 0.3) is 0 Å². The van der Waals surface area contributed by atoms with Crippen LogP contribution in [0, 0.1) is 0 Å². The van der Waals surface area contributed by atoms with Crippen molar-refractivity contribution in [2.75, 3.05) is 5.21 Å². The second kappa shape index (κ2) is 5.84. The number of sulfonamides is 1. The fourth-order valence-electron chi connectivity index (χ4n) is 1.51. The fraction of sp³-hybridized carbons (Fsp3) is 0.700. The van der Waals surface area contributed by atoms with Gasteiger partial charge in [0.05, 0.1) is 6.20 Å². The zero-order chi connectivity index (χ0) is 13.1. The van der Waals surface area contributed by atoms with E-state index in [9.17, 15) is 8.42 Å². The first-order valence-electron chi connectivity index (χ1n) is 5.47. The molecule has 1 aromatic heterocycles. The lowest BCUT2D eigenvalue weighted by molar-refractivity contribution is 0.350. The average molecular weight is 280 g/mol. The summed E-state index contributed by atoms with van der Waals surface area (Å²) in [7, 11) is -3.39. The second-order valence-corrected chi connectivity index (χ2v) is 6.57. The molecule has 7 heteroatoms. The Morgan fingerprint density at radius 1 is 1.53 bits per heavy atom. The maximum atomic E-state index is 11.8. The Bertz CT molecular complexity index is 456. The summed E-state index contributed by atoms with van der Waals surface area (Å²) in [6.45, 7) is 6.71. The van der Waals surface area contributed by atoms with E-state index in [1.807, 2.05) is 27.0 Å². The van der Waals surface area contributed by atoms with E-state index in [1.54, 1.807) is 10.9 Å². The summed E-state index contributed by atoms with van der Waals surface area (Å²) in [5.74, 6) is 0. The molecule has 0 saturated carbocycles. The van der Waals surface area contributed by atoms with Crippen LogP contribution in [0.2, 0.25) is 0 Å². The van der Waals surface area contributed by atoms with Gasteiger partial charge in [-0.1, -0.05) is 0 Å². The van der Waals surface area contributed by atoms with Crippen LogP contribution in [0.15, 0.2) is 12.4 Å². The summed E-state index contributed by atoms with van der Waals surface area (Å²) >= 11 is 5.48. The number of hydrogen-bond donors (Lipinski definition) is 0. The van der Waals surface area contributed by atoms with Gasteiger partial charge in [0, 0.05) is 30.9 Å². The molecule has 98 valence electrons. The highest BCUT2D eigenvalue weighted by Crippen LogP contribution is 2.14. The molecule has 1 rings (SSSR count). The molecular weight excluding hydrogens is 262 g/mol. The number of nitrogens with zero attached hydrogens (tertiary/aromatic N) is 3. The van der Waals surface area contributed by atoms with E-state index in [4.69, 9.17) is 11.6 Å². The van der Waals surface area contributed by atoms with Crippen molar-refractivity contribution in [1.82, 2.24) is 14.1 Å². The Morgan fingerprint density at radius 3 is 2.59 bits per heavy atom. The molecule has 0 atom stereocenters. The zero-order valence-electron chi connectivity index (χ0n) is 10.3. The van der Waals surface area contributed by atoms with Gasteiger partial charge in [-0.25, -0.2) is 8.42 Å². The summed E-state index contributed by atoms with van der Waals surface area (Å²) < 4.78 is 26.7. The lowest BCUT2D eigenvalue weighted by Gasteiger charge is -2.24. The molecule has 0 radical (unpaired) electrons. The van der Waals surface area contributed by atoms with E-state index in [0.29, 0.717) is 6.54 Å². The molecule has 0 fully saturated rings. The van der Waals surface area contributed by atoms with Crippen molar-refractivity contribution < 1.29 is 8.42 Å². The summed E-state index contributed by atoms with van der Waals surface area (Å²) in [4.78, 5) is 0. The van der Waals surface area contributed by atoms with E-state index in [-0.39, 0.29) is 6.04 Å². The second-order valence-electron chi connectivity index (χ2n) is 4.06. The summed E-state index contributed by atoms with van der Waals surface area (Å²) in [5.41, 5.74) is 0.870. The van der Waals surface area contributed by atoms with Crippen LogP contribution in [0.1, 0.15) is 26.3 Å². The van der Waals surface area contributed by atoms with Gasteiger partial charge in [-0.3, -0.25) is 4.68 Å². The molecule has 1 aromatic rings. The smallest absolute Gasteiger partial charge is 0.228 e. The molecule has 0 saturated heterocycles. The van der Waals surface area contributed by atoms with Crippen molar-refractivity contribution >= 4 is 21.6 Å². The SMILES string of the molecule is CCn1cc(CN(C(C)C)S(=O)(=O)CCl)cn1. The quantitative estimate of drug-likeness (QED) is 0.744. The molecule has 0 aromatic carbocycles. The Morgan fingerprint density at radius 2 is 2.18 bits per heavy atom. The molecule has 1 heterocycles. The molecule has 0 spiro atoms. The predicted molar refractivity (Wildman–Crippen MR) is 68.2 cm³/mol. The minimum Gasteiger partial charge on any atom is -0.273 e. The third-order valence-electron chi connectivity index (χ3n) is 2.42. The van der Waals surface area contributed by atoms with Crippen molar-refractivity contribution in [2.24, 2.45) is 0 Å². The Balaban J connectivity index is 2.88. The van der Waals surface area contributed by atoms with Crippen LogP contribution in [-0.4, -0.2) is 33.8 Å². The first-order chi connectivity index (χ1) is 7.90. The first-order valence-corrected chi connectivity index (χ1v) is 7.62. The molecule has 0 unspecified atom stereocenters. The highest BCUT2D eigenvalue weighted by atomic mass is 35.5. The topological polar surface area (TPSA) is 55.2 Å². The third kappa shape index (κ3) is 3.69. The standard InChI is InChI=1S/C10H18ClN3O2S/c1-4-13-6-10(5-12-13)7-14(9(2)3)17(15,16)8-11/h5-6,9H,4,7-8H2,1-3H3. The largest absolute Gasteiger partial charge is 0.273 e. The highest BCUT2D eigenvalue weighted by molar-refractivity contribution is 7.90. The normalized spacial score (nSPS) is 12.6. The van der Waals surface area contributed by atoms with E-state index in [0.717, 1.165) is 12.1 Å². The van der Waals surface area contributed by atoms with E-state index >= 15 is 0 Å². The molecule has 0 amide bonds. The van der Waals surface area contributed by atoms with Gasteiger partial charge in [-0.15, -0.1) is 11.6 Å². The molecule has 5 nitrogen and oxygen atoms in total. The molecule has 0 aliphatic heterocycles. The van der Waals surface area contributed by atoms with Crippen molar-refractivity contribution in [1.29, 1.82) is 0 Å². The number of halogens is 1. The molecule has 0 aliphatic rings. The maximum Gasteiger partial charge on any atom is 0.228 e. The minimum absolute atomic E-state index is 0.122. The number of aromatic nitrogens is 2.